The van der Waals surface area contributed by atoms with Crippen LogP contribution >= 0.6 is 24.0 Å². The quantitative estimate of drug-likeness (QED) is 0.297. The first kappa shape index (κ1) is 26.8. The number of aliphatic hydroxyl groups excluding tert-OH is 1. The van der Waals surface area contributed by atoms with E-state index in [9.17, 15) is 9.90 Å². The molecule has 8 nitrogen and oxygen atoms in total. The lowest BCUT2D eigenvalue weighted by Crippen LogP contribution is -2.52. The average Bonchev–Trinajstić information content (AvgIpc) is 3.37. The molecular weight excluding hydrogens is 523 g/mol. The molecule has 0 radical (unpaired) electrons. The molecule has 1 aromatic rings. The van der Waals surface area contributed by atoms with E-state index >= 15 is 0 Å². The van der Waals surface area contributed by atoms with E-state index in [0.29, 0.717) is 11.7 Å². The van der Waals surface area contributed by atoms with E-state index in [1.54, 1.807) is 18.4 Å². The highest BCUT2D eigenvalue weighted by Gasteiger charge is 2.35. The molecule has 2 heterocycles. The third-order valence-corrected chi connectivity index (χ3v) is 5.61. The molecule has 2 aliphatic rings. The van der Waals surface area contributed by atoms with Crippen LogP contribution in [0.4, 0.5) is 4.79 Å². The van der Waals surface area contributed by atoms with Crippen molar-refractivity contribution in [1.82, 2.24) is 15.1 Å². The van der Waals surface area contributed by atoms with Gasteiger partial charge in [-0.2, -0.15) is 0 Å². The molecular formula is C23H39IN4O4. The minimum atomic E-state index is -0.762. The summed E-state index contributed by atoms with van der Waals surface area (Å²) in [6, 6.07) is 3.70. The van der Waals surface area contributed by atoms with Crippen molar-refractivity contribution >= 4 is 36.0 Å². The lowest BCUT2D eigenvalue weighted by atomic mass is 10.0. The second-order valence-corrected chi connectivity index (χ2v) is 9.52. The van der Waals surface area contributed by atoms with E-state index in [1.165, 1.54) is 12.8 Å². The third-order valence-electron chi connectivity index (χ3n) is 5.61. The normalized spacial score (nSPS) is 18.7. The number of piperidine rings is 1. The Morgan fingerprint density at radius 3 is 2.56 bits per heavy atom. The van der Waals surface area contributed by atoms with Crippen LogP contribution in [-0.2, 0) is 4.74 Å². The van der Waals surface area contributed by atoms with Crippen molar-refractivity contribution in [1.29, 1.82) is 0 Å². The predicted molar refractivity (Wildman–Crippen MR) is 135 cm³/mol. The van der Waals surface area contributed by atoms with Gasteiger partial charge in [-0.15, -0.1) is 24.0 Å². The molecule has 0 aromatic carbocycles. The maximum atomic E-state index is 12.8. The molecule has 1 atom stereocenters. The van der Waals surface area contributed by atoms with Crippen LogP contribution in [0.25, 0.3) is 0 Å². The maximum Gasteiger partial charge on any atom is 0.410 e. The Morgan fingerprint density at radius 1 is 1.34 bits per heavy atom. The van der Waals surface area contributed by atoms with Gasteiger partial charge < -0.3 is 29.4 Å². The molecule has 9 heteroatoms. The van der Waals surface area contributed by atoms with Gasteiger partial charge in [0.2, 0.25) is 0 Å². The third kappa shape index (κ3) is 8.13. The predicted octanol–water partition coefficient (Wildman–Crippen LogP) is 4.01. The first-order valence-electron chi connectivity index (χ1n) is 11.5. The monoisotopic (exact) mass is 562 g/mol. The number of halogens is 1. The van der Waals surface area contributed by atoms with Crippen molar-refractivity contribution in [2.45, 2.75) is 71.1 Å². The first-order chi connectivity index (χ1) is 14.8. The molecule has 1 saturated carbocycles. The fraction of sp³-hybridized carbons (Fsp3) is 0.739. The minimum Gasteiger partial charge on any atom is -0.467 e. The fourth-order valence-corrected chi connectivity index (χ4v) is 3.83. The number of hydrogen-bond donors (Lipinski definition) is 2. The first-order valence-corrected chi connectivity index (χ1v) is 11.5. The van der Waals surface area contributed by atoms with Crippen LogP contribution in [0.5, 0.6) is 0 Å². The SMILES string of the molecule is CCNC(=NCC(O)c1ccco1)N1CCC(N(CC2CC2)C(=O)OC(C)(C)C)CC1.I. The molecule has 1 aromatic heterocycles. The zero-order valence-corrected chi connectivity index (χ0v) is 22.1. The number of carbonyl (C=O) groups excluding carboxylic acids is 1. The summed E-state index contributed by atoms with van der Waals surface area (Å²) in [5.41, 5.74) is -0.487. The summed E-state index contributed by atoms with van der Waals surface area (Å²) in [5.74, 6) is 1.93. The van der Waals surface area contributed by atoms with Gasteiger partial charge in [0.1, 0.15) is 17.5 Å². The van der Waals surface area contributed by atoms with E-state index in [2.05, 4.69) is 15.2 Å². The molecule has 3 rings (SSSR count). The van der Waals surface area contributed by atoms with Crippen molar-refractivity contribution in [3.05, 3.63) is 24.2 Å². The van der Waals surface area contributed by atoms with Crippen LogP contribution in [0.2, 0.25) is 0 Å². The Balaban J connectivity index is 0.00000363. The zero-order valence-electron chi connectivity index (χ0n) is 19.7. The Bertz CT molecular complexity index is 723. The van der Waals surface area contributed by atoms with Crippen LogP contribution < -0.4 is 5.32 Å². The molecule has 2 N–H and O–H groups in total. The van der Waals surface area contributed by atoms with Gasteiger partial charge in [0.05, 0.1) is 12.8 Å². The summed E-state index contributed by atoms with van der Waals surface area (Å²) in [6.07, 6.45) is 4.74. The highest BCUT2D eigenvalue weighted by Crippen LogP contribution is 2.32. The van der Waals surface area contributed by atoms with E-state index < -0.39 is 11.7 Å². The van der Waals surface area contributed by atoms with Crippen LogP contribution in [0.3, 0.4) is 0 Å². The van der Waals surface area contributed by atoms with Crippen molar-refractivity contribution in [2.75, 3.05) is 32.7 Å². The van der Waals surface area contributed by atoms with Gasteiger partial charge in [-0.25, -0.2) is 9.79 Å². The van der Waals surface area contributed by atoms with Crippen LogP contribution in [0.1, 0.15) is 65.2 Å². The van der Waals surface area contributed by atoms with Crippen molar-refractivity contribution < 1.29 is 19.1 Å². The topological polar surface area (TPSA) is 90.5 Å². The molecule has 1 saturated heterocycles. The molecule has 2 fully saturated rings. The van der Waals surface area contributed by atoms with Gasteiger partial charge in [0.25, 0.3) is 0 Å². The number of furan rings is 1. The Labute approximate surface area is 208 Å². The van der Waals surface area contributed by atoms with Crippen LogP contribution in [0, 0.1) is 5.92 Å². The Morgan fingerprint density at radius 2 is 2.03 bits per heavy atom. The van der Waals surface area contributed by atoms with Gasteiger partial charge in [-0.1, -0.05) is 0 Å². The summed E-state index contributed by atoms with van der Waals surface area (Å²) >= 11 is 0. The smallest absolute Gasteiger partial charge is 0.410 e. The number of carbonyl (C=O) groups is 1. The van der Waals surface area contributed by atoms with E-state index in [4.69, 9.17) is 9.15 Å². The van der Waals surface area contributed by atoms with Crippen LogP contribution in [-0.4, -0.2) is 71.3 Å². The second-order valence-electron chi connectivity index (χ2n) is 9.52. The molecule has 0 spiro atoms. The van der Waals surface area contributed by atoms with Crippen molar-refractivity contribution in [3.63, 3.8) is 0 Å². The van der Waals surface area contributed by atoms with Crippen molar-refractivity contribution in [3.8, 4) is 0 Å². The molecule has 32 heavy (non-hydrogen) atoms. The zero-order chi connectivity index (χ0) is 22.4. The fourth-order valence-electron chi connectivity index (χ4n) is 3.83. The second kappa shape index (κ2) is 12.1. The van der Waals surface area contributed by atoms with Gasteiger partial charge in [-0.3, -0.25) is 0 Å². The van der Waals surface area contributed by atoms with E-state index in [1.807, 2.05) is 32.6 Å². The Kier molecular flexibility index (Phi) is 10.1. The number of guanidine groups is 1. The molecule has 1 aliphatic heterocycles. The molecule has 1 unspecified atom stereocenters. The summed E-state index contributed by atoms with van der Waals surface area (Å²) in [6.45, 7) is 11.2. The largest absolute Gasteiger partial charge is 0.467 e. The summed E-state index contributed by atoms with van der Waals surface area (Å²) in [4.78, 5) is 21.6. The number of nitrogens with zero attached hydrogens (tertiary/aromatic N) is 3. The van der Waals surface area contributed by atoms with Gasteiger partial charge in [-0.05, 0) is 71.4 Å². The molecule has 0 bridgehead atoms. The standard InChI is InChI=1S/C23H38N4O4.HI/c1-5-24-21(25-15-19(28)20-7-6-14-30-20)26-12-10-18(11-13-26)27(16-17-8-9-17)22(29)31-23(2,3)4;/h6-7,14,17-19,28H,5,8-13,15-16H2,1-4H3,(H,24,25);1H. The van der Waals surface area contributed by atoms with E-state index in [0.717, 1.165) is 45.0 Å². The number of nitrogens with one attached hydrogen (secondary N) is 1. The number of ether oxygens (including phenoxy) is 1. The highest BCUT2D eigenvalue weighted by atomic mass is 127. The number of amides is 1. The maximum absolute atomic E-state index is 12.8. The lowest BCUT2D eigenvalue weighted by molar-refractivity contribution is 0.00927. The summed E-state index contributed by atoms with van der Waals surface area (Å²) < 4.78 is 11.0. The van der Waals surface area contributed by atoms with Gasteiger partial charge in [0, 0.05) is 32.2 Å². The number of hydrogen-bond acceptors (Lipinski definition) is 5. The Hall–Kier alpha value is -1.49. The van der Waals surface area contributed by atoms with E-state index in [-0.39, 0.29) is 42.7 Å². The highest BCUT2D eigenvalue weighted by molar-refractivity contribution is 14.0. The van der Waals surface area contributed by atoms with Gasteiger partial charge >= 0.3 is 6.09 Å². The number of aliphatic imine (C=N–C) groups is 1. The summed E-state index contributed by atoms with van der Waals surface area (Å²) in [7, 11) is 0. The number of aliphatic hydroxyl groups is 1. The van der Waals surface area contributed by atoms with Crippen molar-refractivity contribution in [2.24, 2.45) is 10.9 Å². The minimum absolute atomic E-state index is 0. The summed E-state index contributed by atoms with van der Waals surface area (Å²) in [5, 5.41) is 13.6. The average molecular weight is 562 g/mol. The molecule has 182 valence electrons. The molecule has 1 aliphatic carbocycles. The van der Waals surface area contributed by atoms with Crippen LogP contribution in [0.15, 0.2) is 27.8 Å². The molecule has 1 amide bonds. The van der Waals surface area contributed by atoms with Gasteiger partial charge in [0.15, 0.2) is 5.96 Å². The number of rotatable bonds is 7. The number of likely N-dealkylation sites (tertiary alicyclic amines) is 1. The lowest BCUT2D eigenvalue weighted by Gasteiger charge is -2.40.